The zero-order valence-corrected chi connectivity index (χ0v) is 17.8. The molecule has 0 radical (unpaired) electrons. The van der Waals surface area contributed by atoms with E-state index in [-0.39, 0.29) is 10.9 Å². The van der Waals surface area contributed by atoms with Crippen LogP contribution in [0.5, 0.6) is 5.75 Å². The van der Waals surface area contributed by atoms with Crippen LogP contribution in [-0.4, -0.2) is 29.4 Å². The van der Waals surface area contributed by atoms with Gasteiger partial charge in [-0.1, -0.05) is 6.07 Å². The molecule has 0 aliphatic carbocycles. The van der Waals surface area contributed by atoms with Crippen LogP contribution in [-0.2, 0) is 10.1 Å². The molecular formula is C22H14F3N3O5S. The Kier molecular flexibility index (Phi) is 5.61. The Morgan fingerprint density at radius 3 is 2.21 bits per heavy atom. The van der Waals surface area contributed by atoms with Crippen molar-refractivity contribution in [3.05, 3.63) is 89.0 Å². The number of benzene rings is 2. The lowest BCUT2D eigenvalue weighted by atomic mass is 10.0. The molecule has 4 aromatic rings. The van der Waals surface area contributed by atoms with Crippen molar-refractivity contribution in [3.8, 4) is 22.6 Å². The van der Waals surface area contributed by atoms with E-state index in [1.807, 2.05) is 0 Å². The third-order valence-corrected chi connectivity index (χ3v) is 5.87. The maximum Gasteiger partial charge on any atom is 0.534 e. The summed E-state index contributed by atoms with van der Waals surface area (Å²) >= 11 is 0. The lowest BCUT2D eigenvalue weighted by Crippen LogP contribution is -2.28. The average Bonchev–Trinajstić information content (AvgIpc) is 2.79. The van der Waals surface area contributed by atoms with E-state index >= 15 is 0 Å². The summed E-state index contributed by atoms with van der Waals surface area (Å²) in [5.74, 6) is -1.53. The molecule has 0 atom stereocenters. The molecule has 2 aromatic heterocycles. The smallest absolute Gasteiger partial charge is 0.376 e. The minimum absolute atomic E-state index is 0.175. The highest BCUT2D eigenvalue weighted by Gasteiger charge is 2.48. The number of aromatic nitrogens is 2. The van der Waals surface area contributed by atoms with Crippen molar-refractivity contribution in [2.45, 2.75) is 5.51 Å². The predicted octanol–water partition coefficient (Wildman–Crippen LogP) is 3.38. The summed E-state index contributed by atoms with van der Waals surface area (Å²) in [6.45, 7) is 0. The largest absolute Gasteiger partial charge is 0.534 e. The maximum atomic E-state index is 12.8. The predicted molar refractivity (Wildman–Crippen MR) is 117 cm³/mol. The Bertz CT molecular complexity index is 1570. The number of pyridine rings is 2. The SMILES string of the molecule is NC(=O)c1cn(-c2ccc(OS(=O)(=O)C(F)(F)F)cc2)c2cc(-c3ccncc3)ccc2c1=O. The number of fused-ring (bicyclic) bond motifs is 1. The van der Waals surface area contributed by atoms with E-state index in [9.17, 15) is 31.2 Å². The molecule has 0 fully saturated rings. The lowest BCUT2D eigenvalue weighted by molar-refractivity contribution is -0.0500. The Morgan fingerprint density at radius 1 is 0.971 bits per heavy atom. The topological polar surface area (TPSA) is 121 Å². The van der Waals surface area contributed by atoms with Crippen LogP contribution in [0.15, 0.2) is 78.0 Å². The van der Waals surface area contributed by atoms with Gasteiger partial charge in [0.1, 0.15) is 11.3 Å². The normalized spacial score (nSPS) is 12.0. The number of nitrogens with two attached hydrogens (primary N) is 1. The van der Waals surface area contributed by atoms with Gasteiger partial charge in [-0.25, -0.2) is 0 Å². The standard InChI is InChI=1S/C22H14F3N3O5S/c23-22(24,25)34(31,32)33-16-4-2-15(3-5-16)28-12-18(21(26)30)20(29)17-6-1-14(11-19(17)28)13-7-9-27-10-8-13/h1-12H,(H2,26,30). The van der Waals surface area contributed by atoms with E-state index in [4.69, 9.17) is 5.73 Å². The summed E-state index contributed by atoms with van der Waals surface area (Å²) in [6.07, 6.45) is 4.40. The summed E-state index contributed by atoms with van der Waals surface area (Å²) < 4.78 is 65.8. The summed E-state index contributed by atoms with van der Waals surface area (Å²) in [6, 6.07) is 13.0. The van der Waals surface area contributed by atoms with Crippen molar-refractivity contribution in [1.29, 1.82) is 0 Å². The molecule has 0 spiro atoms. The van der Waals surface area contributed by atoms with Gasteiger partial charge in [0.15, 0.2) is 0 Å². The molecule has 0 aliphatic rings. The van der Waals surface area contributed by atoms with Crippen molar-refractivity contribution in [2.75, 3.05) is 0 Å². The first-order chi connectivity index (χ1) is 16.0. The van der Waals surface area contributed by atoms with Gasteiger partial charge in [0.05, 0.1) is 5.52 Å². The highest BCUT2D eigenvalue weighted by Crippen LogP contribution is 2.29. The minimum Gasteiger partial charge on any atom is -0.376 e. The molecule has 12 heteroatoms. The second-order valence-electron chi connectivity index (χ2n) is 7.05. The van der Waals surface area contributed by atoms with Gasteiger partial charge in [-0.3, -0.25) is 14.6 Å². The molecule has 2 N–H and O–H groups in total. The molecule has 8 nitrogen and oxygen atoms in total. The molecule has 34 heavy (non-hydrogen) atoms. The first kappa shape index (κ1) is 23.0. The van der Waals surface area contributed by atoms with Crippen molar-refractivity contribution < 1.29 is 30.6 Å². The molecule has 2 aromatic carbocycles. The summed E-state index contributed by atoms with van der Waals surface area (Å²) in [7, 11) is -5.84. The van der Waals surface area contributed by atoms with E-state index < -0.39 is 32.7 Å². The summed E-state index contributed by atoms with van der Waals surface area (Å²) in [4.78, 5) is 28.6. The summed E-state index contributed by atoms with van der Waals surface area (Å²) in [5, 5.41) is 0.175. The van der Waals surface area contributed by atoms with Crippen LogP contribution in [0.1, 0.15) is 10.4 Å². The molecule has 174 valence electrons. The highest BCUT2D eigenvalue weighted by molar-refractivity contribution is 7.88. The van der Waals surface area contributed by atoms with Crippen LogP contribution in [0, 0.1) is 0 Å². The highest BCUT2D eigenvalue weighted by atomic mass is 32.2. The van der Waals surface area contributed by atoms with E-state index in [2.05, 4.69) is 9.17 Å². The number of nitrogens with zero attached hydrogens (tertiary/aromatic N) is 2. The Morgan fingerprint density at radius 2 is 1.62 bits per heavy atom. The van der Waals surface area contributed by atoms with E-state index in [1.165, 1.54) is 29.0 Å². The van der Waals surface area contributed by atoms with E-state index in [0.29, 0.717) is 11.2 Å². The Labute approximate surface area is 190 Å². The second-order valence-corrected chi connectivity index (χ2v) is 8.59. The number of primary amides is 1. The van der Waals surface area contributed by atoms with Gasteiger partial charge in [-0.2, -0.15) is 21.6 Å². The first-order valence-electron chi connectivity index (χ1n) is 9.49. The van der Waals surface area contributed by atoms with Gasteiger partial charge >= 0.3 is 15.6 Å². The molecule has 0 saturated carbocycles. The third-order valence-electron chi connectivity index (χ3n) is 4.89. The maximum absolute atomic E-state index is 12.8. The molecular weight excluding hydrogens is 475 g/mol. The van der Waals surface area contributed by atoms with Crippen LogP contribution in [0.25, 0.3) is 27.7 Å². The van der Waals surface area contributed by atoms with Crippen molar-refractivity contribution in [1.82, 2.24) is 9.55 Å². The number of rotatable bonds is 5. The zero-order valence-electron chi connectivity index (χ0n) is 17.0. The van der Waals surface area contributed by atoms with Gasteiger partial charge in [0.2, 0.25) is 5.43 Å². The average molecular weight is 489 g/mol. The monoisotopic (exact) mass is 489 g/mol. The minimum atomic E-state index is -5.84. The second kappa shape index (κ2) is 8.30. The molecule has 0 unspecified atom stereocenters. The Hall–Kier alpha value is -4.19. The van der Waals surface area contributed by atoms with E-state index in [0.717, 1.165) is 23.3 Å². The molecule has 1 amide bonds. The van der Waals surface area contributed by atoms with Crippen LogP contribution in [0.2, 0.25) is 0 Å². The number of carbonyl (C=O) groups is 1. The van der Waals surface area contributed by atoms with Crippen LogP contribution < -0.4 is 15.3 Å². The number of carbonyl (C=O) groups excluding carboxylic acids is 1. The van der Waals surface area contributed by atoms with E-state index in [1.54, 1.807) is 36.7 Å². The third kappa shape index (κ3) is 4.22. The van der Waals surface area contributed by atoms with Gasteiger partial charge < -0.3 is 14.5 Å². The summed E-state index contributed by atoms with van der Waals surface area (Å²) in [5.41, 5.74) is 1.09. The van der Waals surface area contributed by atoms with Gasteiger partial charge in [0.25, 0.3) is 5.91 Å². The zero-order chi connectivity index (χ0) is 24.7. The van der Waals surface area contributed by atoms with Crippen molar-refractivity contribution >= 4 is 26.9 Å². The molecule has 2 heterocycles. The quantitative estimate of drug-likeness (QED) is 0.339. The fourth-order valence-corrected chi connectivity index (χ4v) is 3.73. The first-order valence-corrected chi connectivity index (χ1v) is 10.9. The van der Waals surface area contributed by atoms with Gasteiger partial charge in [-0.05, 0) is 59.7 Å². The van der Waals surface area contributed by atoms with Crippen molar-refractivity contribution in [3.63, 3.8) is 0 Å². The molecule has 0 saturated heterocycles. The van der Waals surface area contributed by atoms with Crippen molar-refractivity contribution in [2.24, 2.45) is 5.73 Å². The molecule has 0 aliphatic heterocycles. The van der Waals surface area contributed by atoms with Crippen LogP contribution >= 0.6 is 0 Å². The fourth-order valence-electron chi connectivity index (χ4n) is 3.27. The number of amides is 1. The number of halogens is 3. The number of hydrogen-bond acceptors (Lipinski definition) is 6. The molecule has 0 bridgehead atoms. The number of hydrogen-bond donors (Lipinski definition) is 1. The fraction of sp³-hybridized carbons (Fsp3) is 0.0455. The number of alkyl halides is 3. The van der Waals surface area contributed by atoms with Crippen LogP contribution in [0.3, 0.4) is 0 Å². The van der Waals surface area contributed by atoms with Crippen LogP contribution in [0.4, 0.5) is 13.2 Å². The van der Waals surface area contributed by atoms with Gasteiger partial charge in [-0.15, -0.1) is 0 Å². The molecule has 4 rings (SSSR count). The Balaban J connectivity index is 1.87. The van der Waals surface area contributed by atoms with Gasteiger partial charge in [0, 0.05) is 29.7 Å². The lowest BCUT2D eigenvalue weighted by Gasteiger charge is -2.15.